The average Bonchev–Trinajstić information content (AvgIpc) is 2.36. The van der Waals surface area contributed by atoms with Crippen molar-refractivity contribution in [2.45, 2.75) is 130 Å². The molecule has 2 nitrogen and oxygen atoms in total. The minimum Gasteiger partial charge on any atom is -0.389 e. The number of hydrogen-bond donors (Lipinski definition) is 0. The quantitative estimate of drug-likeness (QED) is 0.275. The Hall–Kier alpha value is 0.137. The summed E-state index contributed by atoms with van der Waals surface area (Å²) in [7, 11) is -2.17. The van der Waals surface area contributed by atoms with Crippen LogP contribution in [0.4, 0.5) is 0 Å². The zero-order chi connectivity index (χ0) is 18.0. The molecule has 0 N–H and O–H groups in total. The van der Waals surface area contributed by atoms with Crippen LogP contribution >= 0.6 is 0 Å². The first-order chi connectivity index (χ1) is 10.5. The molecular formula is C20H44O2Si. The molecule has 0 radical (unpaired) electrons. The third-order valence-electron chi connectivity index (χ3n) is 3.81. The van der Waals surface area contributed by atoms with Gasteiger partial charge in [0.15, 0.2) is 0 Å². The Morgan fingerprint density at radius 3 is 1.17 bits per heavy atom. The predicted octanol–water partition coefficient (Wildman–Crippen LogP) is 7.22. The SMILES string of the molecule is CCCCCC[Si](CCCCCC)(OC(C)(C)C)OC(C)(C)C. The molecule has 0 heterocycles. The molecule has 0 aliphatic rings. The molecule has 0 aromatic rings. The molecule has 0 aromatic carbocycles. The van der Waals surface area contributed by atoms with Gasteiger partial charge in [0.2, 0.25) is 0 Å². The van der Waals surface area contributed by atoms with Gasteiger partial charge in [-0.25, -0.2) is 0 Å². The van der Waals surface area contributed by atoms with Gasteiger partial charge in [-0.1, -0.05) is 65.2 Å². The summed E-state index contributed by atoms with van der Waals surface area (Å²) in [4.78, 5) is 0. The van der Waals surface area contributed by atoms with Gasteiger partial charge >= 0.3 is 8.56 Å². The van der Waals surface area contributed by atoms with Crippen LogP contribution in [0.25, 0.3) is 0 Å². The van der Waals surface area contributed by atoms with Crippen molar-refractivity contribution in [3.63, 3.8) is 0 Å². The second kappa shape index (κ2) is 10.9. The van der Waals surface area contributed by atoms with Crippen LogP contribution in [0.5, 0.6) is 0 Å². The van der Waals surface area contributed by atoms with E-state index in [0.29, 0.717) is 0 Å². The molecule has 0 fully saturated rings. The molecule has 0 bridgehead atoms. The highest BCUT2D eigenvalue weighted by Crippen LogP contribution is 2.33. The standard InChI is InChI=1S/C20H44O2Si/c1-9-11-13-15-17-23(21-19(3,4)5,22-20(6,7)8)18-16-14-12-10-2/h9-18H2,1-8H3. The van der Waals surface area contributed by atoms with Crippen LogP contribution in [-0.2, 0) is 8.85 Å². The van der Waals surface area contributed by atoms with Crippen LogP contribution in [0.1, 0.15) is 107 Å². The van der Waals surface area contributed by atoms with Crippen molar-refractivity contribution in [3.8, 4) is 0 Å². The molecule has 0 atom stereocenters. The van der Waals surface area contributed by atoms with E-state index in [-0.39, 0.29) is 11.2 Å². The topological polar surface area (TPSA) is 18.5 Å². The second-order valence-corrected chi connectivity index (χ2v) is 12.2. The fourth-order valence-corrected chi connectivity index (χ4v) is 7.62. The maximum Gasteiger partial charge on any atom is 0.338 e. The lowest BCUT2D eigenvalue weighted by molar-refractivity contribution is 0.0131. The van der Waals surface area contributed by atoms with E-state index in [4.69, 9.17) is 8.85 Å². The number of unbranched alkanes of at least 4 members (excludes halogenated alkanes) is 6. The largest absolute Gasteiger partial charge is 0.389 e. The summed E-state index contributed by atoms with van der Waals surface area (Å²) in [5.41, 5.74) is -0.236. The van der Waals surface area contributed by atoms with Gasteiger partial charge in [-0.3, -0.25) is 0 Å². The summed E-state index contributed by atoms with van der Waals surface area (Å²) >= 11 is 0. The molecule has 3 heteroatoms. The molecule has 0 unspecified atom stereocenters. The van der Waals surface area contributed by atoms with E-state index in [1.165, 1.54) is 51.4 Å². The second-order valence-electron chi connectivity index (χ2n) is 8.96. The highest BCUT2D eigenvalue weighted by atomic mass is 28.4. The zero-order valence-electron chi connectivity index (χ0n) is 17.4. The van der Waals surface area contributed by atoms with Gasteiger partial charge in [-0.2, -0.15) is 0 Å². The Morgan fingerprint density at radius 2 is 0.913 bits per heavy atom. The van der Waals surface area contributed by atoms with Gasteiger partial charge in [0, 0.05) is 0 Å². The van der Waals surface area contributed by atoms with Gasteiger partial charge in [0.1, 0.15) is 0 Å². The lowest BCUT2D eigenvalue weighted by atomic mass is 10.2. The third-order valence-corrected chi connectivity index (χ3v) is 8.01. The van der Waals surface area contributed by atoms with E-state index in [9.17, 15) is 0 Å². The molecular weight excluding hydrogens is 300 g/mol. The lowest BCUT2D eigenvalue weighted by Gasteiger charge is -2.41. The Kier molecular flexibility index (Phi) is 11.0. The maximum absolute atomic E-state index is 6.68. The monoisotopic (exact) mass is 344 g/mol. The number of rotatable bonds is 12. The van der Waals surface area contributed by atoms with Crippen molar-refractivity contribution < 1.29 is 8.85 Å². The van der Waals surface area contributed by atoms with Crippen LogP contribution in [0, 0.1) is 0 Å². The molecule has 0 aromatic heterocycles. The molecule has 0 saturated carbocycles. The van der Waals surface area contributed by atoms with E-state index >= 15 is 0 Å². The fraction of sp³-hybridized carbons (Fsp3) is 1.00. The summed E-state index contributed by atoms with van der Waals surface area (Å²) in [6.07, 6.45) is 10.3. The van der Waals surface area contributed by atoms with Gasteiger partial charge in [0.25, 0.3) is 0 Å². The van der Waals surface area contributed by atoms with E-state index in [2.05, 4.69) is 55.4 Å². The van der Waals surface area contributed by atoms with Gasteiger partial charge in [-0.15, -0.1) is 0 Å². The van der Waals surface area contributed by atoms with E-state index in [1.54, 1.807) is 0 Å². The first kappa shape index (κ1) is 23.1. The van der Waals surface area contributed by atoms with Gasteiger partial charge < -0.3 is 8.85 Å². The minimum absolute atomic E-state index is 0.118. The highest BCUT2D eigenvalue weighted by Gasteiger charge is 2.43. The van der Waals surface area contributed by atoms with Crippen molar-refractivity contribution in [2.24, 2.45) is 0 Å². The Balaban J connectivity index is 5.00. The summed E-state index contributed by atoms with van der Waals surface area (Å²) in [6, 6.07) is 2.29. The molecule has 0 rings (SSSR count). The third kappa shape index (κ3) is 13.1. The first-order valence-electron chi connectivity index (χ1n) is 9.94. The van der Waals surface area contributed by atoms with Crippen LogP contribution < -0.4 is 0 Å². The Bertz CT molecular complexity index is 259. The minimum atomic E-state index is -2.17. The van der Waals surface area contributed by atoms with Gasteiger partial charge in [-0.05, 0) is 53.6 Å². The summed E-state index contributed by atoms with van der Waals surface area (Å²) in [5.74, 6) is 0. The molecule has 0 amide bonds. The van der Waals surface area contributed by atoms with Crippen molar-refractivity contribution in [1.82, 2.24) is 0 Å². The molecule has 23 heavy (non-hydrogen) atoms. The Morgan fingerprint density at radius 1 is 0.565 bits per heavy atom. The Labute approximate surface area is 148 Å². The van der Waals surface area contributed by atoms with Crippen LogP contribution in [-0.4, -0.2) is 19.8 Å². The maximum atomic E-state index is 6.68. The molecule has 0 aliphatic heterocycles. The molecule has 0 spiro atoms. The van der Waals surface area contributed by atoms with E-state index in [0.717, 1.165) is 12.1 Å². The first-order valence-corrected chi connectivity index (χ1v) is 12.2. The predicted molar refractivity (Wildman–Crippen MR) is 105 cm³/mol. The lowest BCUT2D eigenvalue weighted by Crippen LogP contribution is -2.51. The summed E-state index contributed by atoms with van der Waals surface area (Å²) in [6.45, 7) is 17.6. The highest BCUT2D eigenvalue weighted by molar-refractivity contribution is 6.67. The van der Waals surface area contributed by atoms with E-state index < -0.39 is 8.56 Å². The van der Waals surface area contributed by atoms with E-state index in [1.807, 2.05) is 0 Å². The van der Waals surface area contributed by atoms with Crippen LogP contribution in [0.2, 0.25) is 12.1 Å². The summed E-state index contributed by atoms with van der Waals surface area (Å²) in [5, 5.41) is 0. The molecule has 0 aliphatic carbocycles. The van der Waals surface area contributed by atoms with Crippen molar-refractivity contribution >= 4 is 8.56 Å². The van der Waals surface area contributed by atoms with Crippen LogP contribution in [0.3, 0.4) is 0 Å². The van der Waals surface area contributed by atoms with Crippen molar-refractivity contribution in [1.29, 1.82) is 0 Å². The molecule has 0 saturated heterocycles. The smallest absolute Gasteiger partial charge is 0.338 e. The normalized spacial score (nSPS) is 13.6. The fourth-order valence-electron chi connectivity index (χ4n) is 3.11. The molecule has 140 valence electrons. The summed E-state index contributed by atoms with van der Waals surface area (Å²) < 4.78 is 13.4. The van der Waals surface area contributed by atoms with Crippen molar-refractivity contribution in [2.75, 3.05) is 0 Å². The average molecular weight is 345 g/mol. The van der Waals surface area contributed by atoms with Gasteiger partial charge in [0.05, 0.1) is 11.2 Å². The van der Waals surface area contributed by atoms with Crippen molar-refractivity contribution in [3.05, 3.63) is 0 Å². The zero-order valence-corrected chi connectivity index (χ0v) is 18.4. The number of hydrogen-bond acceptors (Lipinski definition) is 2. The van der Waals surface area contributed by atoms with Crippen LogP contribution in [0.15, 0.2) is 0 Å².